The van der Waals surface area contributed by atoms with Crippen molar-refractivity contribution in [2.75, 3.05) is 7.11 Å². The van der Waals surface area contributed by atoms with E-state index in [9.17, 15) is 9.59 Å². The van der Waals surface area contributed by atoms with Gasteiger partial charge in [0, 0.05) is 28.2 Å². The normalized spacial score (nSPS) is 21.1. The number of benzene rings is 1. The minimum atomic E-state index is -0.358. The Morgan fingerprint density at radius 1 is 1.26 bits per heavy atom. The van der Waals surface area contributed by atoms with E-state index in [-0.39, 0.29) is 28.2 Å². The summed E-state index contributed by atoms with van der Waals surface area (Å²) < 4.78 is 11.3. The van der Waals surface area contributed by atoms with Crippen molar-refractivity contribution < 1.29 is 19.1 Å². The largest absolute Gasteiger partial charge is 0.496 e. The first-order valence-corrected chi connectivity index (χ1v) is 10.1. The van der Waals surface area contributed by atoms with Crippen molar-refractivity contribution in [3.05, 3.63) is 35.1 Å². The van der Waals surface area contributed by atoms with Crippen molar-refractivity contribution >= 4 is 28.4 Å². The van der Waals surface area contributed by atoms with E-state index in [0.29, 0.717) is 22.6 Å². The number of hydrogen-bond donors (Lipinski definition) is 0. The van der Waals surface area contributed by atoms with Gasteiger partial charge >= 0.3 is 5.30 Å². The zero-order chi connectivity index (χ0) is 19.6. The summed E-state index contributed by atoms with van der Waals surface area (Å²) in [4.78, 5) is 25.5. The summed E-state index contributed by atoms with van der Waals surface area (Å²) >= 11 is 1.14. The molecule has 142 valence electrons. The van der Waals surface area contributed by atoms with Crippen LogP contribution in [0.25, 0.3) is 5.57 Å². The monoisotopic (exact) mass is 384 g/mol. The van der Waals surface area contributed by atoms with Gasteiger partial charge < -0.3 is 9.47 Å². The molecule has 0 aromatic heterocycles. The van der Waals surface area contributed by atoms with Crippen LogP contribution in [0.5, 0.6) is 5.75 Å². The number of carbonyl (C=O) groups excluding carboxylic acids is 2. The SMILES string of the molecule is CC#Cc1ccc(C2=C(OC(=O)SC(C)C)C3CCC(C3)C2=O)c(OC)c1. The molecule has 2 atom stereocenters. The molecule has 0 radical (unpaired) electrons. The van der Waals surface area contributed by atoms with Crippen LogP contribution >= 0.6 is 11.8 Å². The van der Waals surface area contributed by atoms with Crippen molar-refractivity contribution in [1.82, 2.24) is 0 Å². The Balaban J connectivity index is 2.09. The Labute approximate surface area is 164 Å². The summed E-state index contributed by atoms with van der Waals surface area (Å²) in [5.74, 6) is 7.11. The lowest BCUT2D eigenvalue weighted by molar-refractivity contribution is -0.117. The maximum absolute atomic E-state index is 13.1. The number of thioether (sulfide) groups is 1. The van der Waals surface area contributed by atoms with Crippen LogP contribution < -0.4 is 4.74 Å². The highest BCUT2D eigenvalue weighted by Gasteiger charge is 2.43. The summed E-state index contributed by atoms with van der Waals surface area (Å²) in [5.41, 5.74) is 2.00. The molecule has 4 nitrogen and oxygen atoms in total. The minimum absolute atomic E-state index is 0.00465. The first-order chi connectivity index (χ1) is 12.9. The molecule has 3 rings (SSSR count). The molecule has 0 spiro atoms. The van der Waals surface area contributed by atoms with Gasteiger partial charge in [0.2, 0.25) is 0 Å². The van der Waals surface area contributed by atoms with E-state index in [1.165, 1.54) is 0 Å². The number of Topliss-reactive ketones (excluding diaryl/α,β-unsaturated/α-hetero) is 1. The third kappa shape index (κ3) is 4.06. The molecule has 1 saturated carbocycles. The van der Waals surface area contributed by atoms with E-state index >= 15 is 0 Å². The molecule has 0 aliphatic heterocycles. The Hall–Kier alpha value is -2.19. The average Bonchev–Trinajstić information content (AvgIpc) is 3.06. The molecule has 0 heterocycles. The minimum Gasteiger partial charge on any atom is -0.496 e. The van der Waals surface area contributed by atoms with E-state index in [0.717, 1.165) is 36.6 Å². The van der Waals surface area contributed by atoms with Crippen LogP contribution in [0.1, 0.15) is 51.2 Å². The second-order valence-electron chi connectivity index (χ2n) is 7.12. The van der Waals surface area contributed by atoms with Crippen LogP contribution in [0.4, 0.5) is 4.79 Å². The third-order valence-corrected chi connectivity index (χ3v) is 5.68. The van der Waals surface area contributed by atoms with Gasteiger partial charge in [0.1, 0.15) is 11.5 Å². The second-order valence-corrected chi connectivity index (χ2v) is 8.63. The Bertz CT molecular complexity index is 857. The molecule has 0 saturated heterocycles. The second kappa shape index (κ2) is 8.22. The predicted molar refractivity (Wildman–Crippen MR) is 108 cm³/mol. The summed E-state index contributed by atoms with van der Waals surface area (Å²) in [7, 11) is 1.57. The fourth-order valence-corrected chi connectivity index (χ4v) is 4.34. The molecule has 2 aliphatic carbocycles. The first-order valence-electron chi connectivity index (χ1n) is 9.22. The molecule has 2 bridgehead atoms. The molecule has 1 aromatic rings. The van der Waals surface area contributed by atoms with Gasteiger partial charge in [0.05, 0.1) is 12.7 Å². The van der Waals surface area contributed by atoms with Crippen molar-refractivity contribution in [2.24, 2.45) is 11.8 Å². The van der Waals surface area contributed by atoms with Gasteiger partial charge in [0.15, 0.2) is 5.78 Å². The van der Waals surface area contributed by atoms with Crippen LogP contribution in [-0.2, 0) is 9.53 Å². The van der Waals surface area contributed by atoms with Crippen LogP contribution in [0, 0.1) is 23.7 Å². The molecule has 2 unspecified atom stereocenters. The molecular formula is C22H24O4S. The summed E-state index contributed by atoms with van der Waals surface area (Å²) in [6.07, 6.45) is 2.47. The van der Waals surface area contributed by atoms with Crippen molar-refractivity contribution in [3.8, 4) is 17.6 Å². The van der Waals surface area contributed by atoms with Gasteiger partial charge in [0.25, 0.3) is 0 Å². The number of ether oxygens (including phenoxy) is 2. The van der Waals surface area contributed by atoms with E-state index in [1.807, 2.05) is 32.0 Å². The fraction of sp³-hybridized carbons (Fsp3) is 0.455. The van der Waals surface area contributed by atoms with Crippen molar-refractivity contribution in [2.45, 2.75) is 45.3 Å². The van der Waals surface area contributed by atoms with E-state index in [1.54, 1.807) is 14.0 Å². The smallest absolute Gasteiger partial charge is 0.372 e. The lowest BCUT2D eigenvalue weighted by Crippen LogP contribution is -2.23. The molecule has 27 heavy (non-hydrogen) atoms. The van der Waals surface area contributed by atoms with Gasteiger partial charge in [-0.15, -0.1) is 5.92 Å². The number of rotatable bonds is 4. The van der Waals surface area contributed by atoms with Crippen LogP contribution in [-0.4, -0.2) is 23.4 Å². The number of ketones is 1. The van der Waals surface area contributed by atoms with E-state index in [2.05, 4.69) is 11.8 Å². The standard InChI is InChI=1S/C22H24O4S/c1-5-6-14-7-10-17(18(11-14)25-4)19-20(23)15-8-9-16(12-15)21(19)26-22(24)27-13(2)3/h7,10-11,13,15-16H,8-9,12H2,1-4H3. The maximum atomic E-state index is 13.1. The Kier molecular flexibility index (Phi) is 5.96. The lowest BCUT2D eigenvalue weighted by atomic mass is 9.83. The zero-order valence-corrected chi connectivity index (χ0v) is 16.9. The fourth-order valence-electron chi connectivity index (χ4n) is 3.81. The van der Waals surface area contributed by atoms with Crippen molar-refractivity contribution in [3.63, 3.8) is 0 Å². The summed E-state index contributed by atoms with van der Waals surface area (Å²) in [6, 6.07) is 5.54. The molecular weight excluding hydrogens is 360 g/mol. The molecule has 2 aliphatic rings. The van der Waals surface area contributed by atoms with Gasteiger partial charge in [-0.1, -0.05) is 19.8 Å². The van der Waals surface area contributed by atoms with Crippen LogP contribution in [0.2, 0.25) is 0 Å². The van der Waals surface area contributed by atoms with Crippen LogP contribution in [0.15, 0.2) is 24.0 Å². The van der Waals surface area contributed by atoms with E-state index in [4.69, 9.17) is 9.47 Å². The maximum Gasteiger partial charge on any atom is 0.372 e. The number of hydrogen-bond acceptors (Lipinski definition) is 5. The highest BCUT2D eigenvalue weighted by Crippen LogP contribution is 2.48. The number of carbonyl (C=O) groups is 2. The highest BCUT2D eigenvalue weighted by molar-refractivity contribution is 8.13. The Morgan fingerprint density at radius 2 is 2.00 bits per heavy atom. The molecule has 1 aromatic carbocycles. The Morgan fingerprint density at radius 3 is 2.67 bits per heavy atom. The number of fused-ring (bicyclic) bond motifs is 2. The van der Waals surface area contributed by atoms with Gasteiger partial charge in [-0.25, -0.2) is 4.79 Å². The lowest BCUT2D eigenvalue weighted by Gasteiger charge is -2.26. The topological polar surface area (TPSA) is 52.6 Å². The van der Waals surface area contributed by atoms with E-state index < -0.39 is 0 Å². The highest BCUT2D eigenvalue weighted by atomic mass is 32.2. The van der Waals surface area contributed by atoms with Gasteiger partial charge in [-0.05, 0) is 56.1 Å². The zero-order valence-electron chi connectivity index (χ0n) is 16.1. The molecule has 5 heteroatoms. The number of allylic oxidation sites excluding steroid dienone is 2. The first kappa shape index (κ1) is 19.6. The van der Waals surface area contributed by atoms with Gasteiger partial charge in [-0.2, -0.15) is 0 Å². The predicted octanol–water partition coefficient (Wildman–Crippen LogP) is 5.05. The molecule has 1 fully saturated rings. The summed E-state index contributed by atoms with van der Waals surface area (Å²) in [6.45, 7) is 5.65. The number of methoxy groups -OCH3 is 1. The quantitative estimate of drug-likeness (QED) is 0.537. The molecule has 0 amide bonds. The average molecular weight is 384 g/mol. The third-order valence-electron chi connectivity index (χ3n) is 4.93. The summed E-state index contributed by atoms with van der Waals surface area (Å²) in [5, 5.41) is -0.235. The van der Waals surface area contributed by atoms with Crippen molar-refractivity contribution in [1.29, 1.82) is 0 Å². The molecule has 0 N–H and O–H groups in total. The van der Waals surface area contributed by atoms with Crippen LogP contribution in [0.3, 0.4) is 0 Å². The van der Waals surface area contributed by atoms with Gasteiger partial charge in [-0.3, -0.25) is 4.79 Å².